The van der Waals surface area contributed by atoms with Crippen molar-refractivity contribution in [3.63, 3.8) is 0 Å². The van der Waals surface area contributed by atoms with Crippen LogP contribution in [0.25, 0.3) is 0 Å². The first kappa shape index (κ1) is 14.4. The molecule has 2 atom stereocenters. The normalized spacial score (nSPS) is 24.2. The van der Waals surface area contributed by atoms with Crippen molar-refractivity contribution in [2.45, 2.75) is 59.2 Å². The second kappa shape index (κ2) is 6.42. The average molecular weight is 264 g/mol. The van der Waals surface area contributed by atoms with E-state index in [1.807, 2.05) is 10.9 Å². The molecule has 0 amide bonds. The number of aromatic nitrogens is 2. The van der Waals surface area contributed by atoms with Crippen LogP contribution in [0, 0.1) is 5.92 Å². The molecule has 0 radical (unpaired) electrons. The Bertz CT molecular complexity index is 385. The van der Waals surface area contributed by atoms with Gasteiger partial charge in [-0.05, 0) is 19.3 Å². The number of anilines is 1. The minimum Gasteiger partial charge on any atom is -0.363 e. The smallest absolute Gasteiger partial charge is 0.0756 e. The molecule has 0 saturated carbocycles. The minimum atomic E-state index is 0.572. The van der Waals surface area contributed by atoms with E-state index in [9.17, 15) is 0 Å². The molecule has 4 heteroatoms. The number of hydrogen-bond acceptors (Lipinski definition) is 3. The lowest BCUT2D eigenvalue weighted by Crippen LogP contribution is -2.58. The highest BCUT2D eigenvalue weighted by Gasteiger charge is 2.30. The van der Waals surface area contributed by atoms with Gasteiger partial charge >= 0.3 is 0 Å². The van der Waals surface area contributed by atoms with Crippen molar-refractivity contribution in [1.29, 1.82) is 0 Å². The van der Waals surface area contributed by atoms with Gasteiger partial charge in [0.1, 0.15) is 0 Å². The van der Waals surface area contributed by atoms with E-state index in [-0.39, 0.29) is 0 Å². The van der Waals surface area contributed by atoms with Crippen LogP contribution in [-0.2, 0) is 6.54 Å². The van der Waals surface area contributed by atoms with E-state index in [0.717, 1.165) is 19.6 Å². The number of piperazine rings is 1. The molecular formula is C15H28N4. The Hall–Kier alpha value is -1.03. The number of rotatable bonds is 5. The molecule has 1 aliphatic heterocycles. The number of nitrogens with one attached hydrogen (secondary N) is 1. The van der Waals surface area contributed by atoms with E-state index in [2.05, 4.69) is 49.2 Å². The summed E-state index contributed by atoms with van der Waals surface area (Å²) in [6.07, 6.45) is 6.70. The Labute approximate surface area is 117 Å². The van der Waals surface area contributed by atoms with Crippen molar-refractivity contribution in [3.05, 3.63) is 12.4 Å². The molecule has 4 nitrogen and oxygen atoms in total. The van der Waals surface area contributed by atoms with Gasteiger partial charge in [0.25, 0.3) is 0 Å². The average Bonchev–Trinajstić information content (AvgIpc) is 2.87. The lowest BCUT2D eigenvalue weighted by atomic mass is 9.97. The second-order valence-electron chi connectivity index (χ2n) is 5.91. The third-order valence-electron chi connectivity index (χ3n) is 4.12. The predicted octanol–water partition coefficient (Wildman–Crippen LogP) is 2.51. The van der Waals surface area contributed by atoms with Crippen LogP contribution in [0.15, 0.2) is 12.4 Å². The summed E-state index contributed by atoms with van der Waals surface area (Å²) in [6, 6.07) is 1.19. The fourth-order valence-electron chi connectivity index (χ4n) is 2.94. The number of aryl methyl sites for hydroxylation is 1. The summed E-state index contributed by atoms with van der Waals surface area (Å²) in [7, 11) is 0. The summed E-state index contributed by atoms with van der Waals surface area (Å²) in [5.41, 5.74) is 1.28. The molecule has 1 N–H and O–H groups in total. The molecular weight excluding hydrogens is 236 g/mol. The summed E-state index contributed by atoms with van der Waals surface area (Å²) in [5.74, 6) is 0.653. The van der Waals surface area contributed by atoms with Crippen LogP contribution in [0.3, 0.4) is 0 Å². The van der Waals surface area contributed by atoms with E-state index in [1.54, 1.807) is 0 Å². The Morgan fingerprint density at radius 1 is 1.42 bits per heavy atom. The van der Waals surface area contributed by atoms with Gasteiger partial charge in [-0.2, -0.15) is 5.10 Å². The molecule has 0 spiro atoms. The number of hydrogen-bond donors (Lipinski definition) is 1. The van der Waals surface area contributed by atoms with Crippen molar-refractivity contribution in [1.82, 2.24) is 15.1 Å². The molecule has 1 fully saturated rings. The van der Waals surface area contributed by atoms with E-state index in [0.29, 0.717) is 18.0 Å². The summed E-state index contributed by atoms with van der Waals surface area (Å²) in [4.78, 5) is 2.56. The van der Waals surface area contributed by atoms with Gasteiger partial charge in [-0.25, -0.2) is 0 Å². The highest BCUT2D eigenvalue weighted by Crippen LogP contribution is 2.24. The van der Waals surface area contributed by atoms with Crippen LogP contribution in [0.5, 0.6) is 0 Å². The molecule has 2 rings (SSSR count). The van der Waals surface area contributed by atoms with Crippen molar-refractivity contribution >= 4 is 5.69 Å². The molecule has 2 heterocycles. The topological polar surface area (TPSA) is 33.1 Å². The molecule has 2 unspecified atom stereocenters. The van der Waals surface area contributed by atoms with Crippen molar-refractivity contribution in [3.8, 4) is 0 Å². The molecule has 108 valence electrons. The van der Waals surface area contributed by atoms with E-state index in [4.69, 9.17) is 0 Å². The molecule has 0 aromatic carbocycles. The Balaban J connectivity index is 2.15. The van der Waals surface area contributed by atoms with Crippen molar-refractivity contribution < 1.29 is 0 Å². The Morgan fingerprint density at radius 3 is 2.79 bits per heavy atom. The quantitative estimate of drug-likeness (QED) is 0.887. The van der Waals surface area contributed by atoms with Gasteiger partial charge in [0.15, 0.2) is 0 Å². The predicted molar refractivity (Wildman–Crippen MR) is 80.6 cm³/mol. The van der Waals surface area contributed by atoms with Crippen molar-refractivity contribution in [2.75, 3.05) is 18.0 Å². The molecule has 1 saturated heterocycles. The Kier molecular flexibility index (Phi) is 4.86. The lowest BCUT2D eigenvalue weighted by Gasteiger charge is -2.43. The lowest BCUT2D eigenvalue weighted by molar-refractivity contribution is 0.327. The summed E-state index contributed by atoms with van der Waals surface area (Å²) in [6.45, 7) is 12.1. The molecule has 1 aromatic rings. The van der Waals surface area contributed by atoms with Crippen LogP contribution < -0.4 is 10.2 Å². The fourth-order valence-corrected chi connectivity index (χ4v) is 2.94. The summed E-state index contributed by atoms with van der Waals surface area (Å²) in [5, 5.41) is 8.13. The highest BCUT2D eigenvalue weighted by atomic mass is 15.3. The standard InChI is InChI=1S/C15H28N4/c1-5-7-13-10-19(15(9-16-13)12(3)4)14-8-17-18(6-2)11-14/h8,11-13,15-16H,5-7,9-10H2,1-4H3. The van der Waals surface area contributed by atoms with Crippen molar-refractivity contribution in [2.24, 2.45) is 5.92 Å². The van der Waals surface area contributed by atoms with Gasteiger partial charge in [0.05, 0.1) is 11.9 Å². The van der Waals surface area contributed by atoms with Gasteiger partial charge < -0.3 is 10.2 Å². The largest absolute Gasteiger partial charge is 0.363 e. The molecule has 19 heavy (non-hydrogen) atoms. The zero-order chi connectivity index (χ0) is 13.8. The Morgan fingerprint density at radius 2 is 2.21 bits per heavy atom. The maximum absolute atomic E-state index is 4.43. The van der Waals surface area contributed by atoms with Crippen LogP contribution in [-0.4, -0.2) is 35.0 Å². The third-order valence-corrected chi connectivity index (χ3v) is 4.12. The zero-order valence-corrected chi connectivity index (χ0v) is 12.8. The third kappa shape index (κ3) is 3.30. The van der Waals surface area contributed by atoms with Crippen LogP contribution in [0.2, 0.25) is 0 Å². The van der Waals surface area contributed by atoms with Crippen LogP contribution in [0.4, 0.5) is 5.69 Å². The molecule has 1 aliphatic rings. The first-order valence-corrected chi connectivity index (χ1v) is 7.68. The van der Waals surface area contributed by atoms with Crippen LogP contribution in [0.1, 0.15) is 40.5 Å². The first-order chi connectivity index (χ1) is 9.15. The minimum absolute atomic E-state index is 0.572. The maximum atomic E-state index is 4.43. The van der Waals surface area contributed by atoms with E-state index in [1.165, 1.54) is 18.5 Å². The van der Waals surface area contributed by atoms with Gasteiger partial charge in [0.2, 0.25) is 0 Å². The van der Waals surface area contributed by atoms with Gasteiger partial charge in [-0.15, -0.1) is 0 Å². The zero-order valence-electron chi connectivity index (χ0n) is 12.8. The highest BCUT2D eigenvalue weighted by molar-refractivity contribution is 5.45. The molecule has 0 aliphatic carbocycles. The van der Waals surface area contributed by atoms with E-state index < -0.39 is 0 Å². The maximum Gasteiger partial charge on any atom is 0.0756 e. The van der Waals surface area contributed by atoms with E-state index >= 15 is 0 Å². The second-order valence-corrected chi connectivity index (χ2v) is 5.91. The summed E-state index contributed by atoms with van der Waals surface area (Å²) < 4.78 is 2.02. The fraction of sp³-hybridized carbons (Fsp3) is 0.800. The van der Waals surface area contributed by atoms with Gasteiger partial charge in [0, 0.05) is 37.9 Å². The SMILES string of the molecule is CCCC1CN(c2cnn(CC)c2)C(C(C)C)CN1. The van der Waals surface area contributed by atoms with Gasteiger partial charge in [-0.1, -0.05) is 27.2 Å². The van der Waals surface area contributed by atoms with Gasteiger partial charge in [-0.3, -0.25) is 4.68 Å². The molecule has 0 bridgehead atoms. The number of nitrogens with zero attached hydrogens (tertiary/aromatic N) is 3. The summed E-state index contributed by atoms with van der Waals surface area (Å²) >= 11 is 0. The van der Waals surface area contributed by atoms with Crippen LogP contribution >= 0.6 is 0 Å². The first-order valence-electron chi connectivity index (χ1n) is 7.68. The molecule has 1 aromatic heterocycles. The monoisotopic (exact) mass is 264 g/mol.